The van der Waals surface area contributed by atoms with Crippen molar-refractivity contribution >= 4 is 0 Å². The number of hydrogen-bond donors (Lipinski definition) is 1. The first-order valence-electron chi connectivity index (χ1n) is 3.15. The molecule has 3 heteroatoms. The molecule has 0 bridgehead atoms. The van der Waals surface area contributed by atoms with Crippen molar-refractivity contribution in [2.75, 3.05) is 20.0 Å². The average Bonchev–Trinajstić information content (AvgIpc) is 1.79. The Hall–Kier alpha value is -0.120. The van der Waals surface area contributed by atoms with E-state index >= 15 is 0 Å². The van der Waals surface area contributed by atoms with Gasteiger partial charge in [-0.3, -0.25) is 0 Å². The van der Waals surface area contributed by atoms with Crippen molar-refractivity contribution in [3.05, 3.63) is 0 Å². The summed E-state index contributed by atoms with van der Waals surface area (Å²) in [5.74, 6) is 0. The van der Waals surface area contributed by atoms with Crippen LogP contribution in [0.25, 0.3) is 0 Å². The van der Waals surface area contributed by atoms with E-state index in [0.29, 0.717) is 13.2 Å². The molecule has 54 valence electrons. The Morgan fingerprint density at radius 3 is 2.44 bits per heavy atom. The third-order valence-corrected chi connectivity index (χ3v) is 1.75. The first-order valence-corrected chi connectivity index (χ1v) is 3.15. The molecule has 1 aliphatic rings. The van der Waals surface area contributed by atoms with E-state index in [1.54, 1.807) is 0 Å². The van der Waals surface area contributed by atoms with Gasteiger partial charge in [0.15, 0.2) is 0 Å². The SMILES string of the molecule is CCC1(OCO)COC1. The summed E-state index contributed by atoms with van der Waals surface area (Å²) in [4.78, 5) is 0. The van der Waals surface area contributed by atoms with Gasteiger partial charge in [-0.25, -0.2) is 0 Å². The fraction of sp³-hybridized carbons (Fsp3) is 1.00. The second kappa shape index (κ2) is 2.64. The summed E-state index contributed by atoms with van der Waals surface area (Å²) in [5, 5.41) is 8.42. The van der Waals surface area contributed by atoms with Crippen LogP contribution in [-0.4, -0.2) is 30.7 Å². The Balaban J connectivity index is 2.28. The zero-order chi connectivity index (χ0) is 6.74. The second-order valence-electron chi connectivity index (χ2n) is 2.30. The van der Waals surface area contributed by atoms with Crippen LogP contribution in [0.5, 0.6) is 0 Å². The Labute approximate surface area is 54.6 Å². The first kappa shape index (κ1) is 6.99. The average molecular weight is 132 g/mol. The summed E-state index contributed by atoms with van der Waals surface area (Å²) in [7, 11) is 0. The van der Waals surface area contributed by atoms with Gasteiger partial charge in [-0.05, 0) is 6.42 Å². The van der Waals surface area contributed by atoms with Crippen LogP contribution >= 0.6 is 0 Å². The normalized spacial score (nSPS) is 23.3. The van der Waals surface area contributed by atoms with Crippen molar-refractivity contribution in [1.82, 2.24) is 0 Å². The molecule has 0 amide bonds. The van der Waals surface area contributed by atoms with E-state index in [0.717, 1.165) is 6.42 Å². The van der Waals surface area contributed by atoms with Crippen LogP contribution in [-0.2, 0) is 9.47 Å². The highest BCUT2D eigenvalue weighted by Gasteiger charge is 2.37. The third-order valence-electron chi connectivity index (χ3n) is 1.75. The summed E-state index contributed by atoms with van der Waals surface area (Å²) < 4.78 is 9.99. The zero-order valence-corrected chi connectivity index (χ0v) is 5.59. The number of aliphatic hydroxyl groups excluding tert-OH is 1. The predicted octanol–water partition coefficient (Wildman–Crippen LogP) is 0.132. The maximum atomic E-state index is 8.42. The quantitative estimate of drug-likeness (QED) is 0.555. The van der Waals surface area contributed by atoms with Crippen LogP contribution in [0.2, 0.25) is 0 Å². The Bertz CT molecular complexity index is 82.8. The molecule has 0 spiro atoms. The molecule has 3 nitrogen and oxygen atoms in total. The van der Waals surface area contributed by atoms with E-state index in [4.69, 9.17) is 14.6 Å². The van der Waals surface area contributed by atoms with E-state index in [1.807, 2.05) is 6.92 Å². The summed E-state index contributed by atoms with van der Waals surface area (Å²) in [6.45, 7) is 3.09. The molecule has 0 saturated carbocycles. The Morgan fingerprint density at radius 1 is 1.67 bits per heavy atom. The fourth-order valence-corrected chi connectivity index (χ4v) is 0.856. The van der Waals surface area contributed by atoms with Gasteiger partial charge < -0.3 is 14.6 Å². The molecule has 1 fully saturated rings. The van der Waals surface area contributed by atoms with Crippen molar-refractivity contribution < 1.29 is 14.6 Å². The number of ether oxygens (including phenoxy) is 2. The maximum absolute atomic E-state index is 8.42. The molecule has 0 unspecified atom stereocenters. The molecule has 0 radical (unpaired) electrons. The fourth-order valence-electron chi connectivity index (χ4n) is 0.856. The maximum Gasteiger partial charge on any atom is 0.144 e. The van der Waals surface area contributed by atoms with Gasteiger partial charge in [-0.1, -0.05) is 6.92 Å². The van der Waals surface area contributed by atoms with E-state index in [-0.39, 0.29) is 12.4 Å². The topological polar surface area (TPSA) is 38.7 Å². The molecule has 1 saturated heterocycles. The summed E-state index contributed by atoms with van der Waals surface area (Å²) in [5.41, 5.74) is -0.158. The van der Waals surface area contributed by atoms with Gasteiger partial charge in [0.2, 0.25) is 0 Å². The molecule has 1 heterocycles. The molecule has 1 aliphatic heterocycles. The monoisotopic (exact) mass is 132 g/mol. The number of hydrogen-bond acceptors (Lipinski definition) is 3. The van der Waals surface area contributed by atoms with Gasteiger partial charge in [0.1, 0.15) is 12.4 Å². The van der Waals surface area contributed by atoms with E-state index in [9.17, 15) is 0 Å². The van der Waals surface area contributed by atoms with E-state index in [2.05, 4.69) is 0 Å². The lowest BCUT2D eigenvalue weighted by atomic mass is 9.99. The van der Waals surface area contributed by atoms with Crippen LogP contribution < -0.4 is 0 Å². The standard InChI is InChI=1S/C6H12O3/c1-2-6(9-5-7)3-8-4-6/h7H,2-5H2,1H3. The van der Waals surface area contributed by atoms with Gasteiger partial charge in [-0.2, -0.15) is 0 Å². The third kappa shape index (κ3) is 1.23. The lowest BCUT2D eigenvalue weighted by molar-refractivity contribution is -0.237. The molecule has 0 aromatic rings. The van der Waals surface area contributed by atoms with Gasteiger partial charge in [0.05, 0.1) is 13.2 Å². The van der Waals surface area contributed by atoms with Crippen molar-refractivity contribution in [2.24, 2.45) is 0 Å². The van der Waals surface area contributed by atoms with E-state index in [1.165, 1.54) is 0 Å². The smallest absolute Gasteiger partial charge is 0.144 e. The summed E-state index contributed by atoms with van der Waals surface area (Å²) >= 11 is 0. The molecule has 0 atom stereocenters. The van der Waals surface area contributed by atoms with Gasteiger partial charge in [0.25, 0.3) is 0 Å². The van der Waals surface area contributed by atoms with Crippen LogP contribution in [0, 0.1) is 0 Å². The van der Waals surface area contributed by atoms with Crippen molar-refractivity contribution in [2.45, 2.75) is 18.9 Å². The van der Waals surface area contributed by atoms with Crippen LogP contribution in [0.15, 0.2) is 0 Å². The minimum atomic E-state index is -0.197. The first-order chi connectivity index (χ1) is 4.33. The van der Waals surface area contributed by atoms with Gasteiger partial charge >= 0.3 is 0 Å². The molecular weight excluding hydrogens is 120 g/mol. The zero-order valence-electron chi connectivity index (χ0n) is 5.59. The minimum absolute atomic E-state index is 0.158. The number of rotatable bonds is 3. The Kier molecular flexibility index (Phi) is 2.05. The minimum Gasteiger partial charge on any atom is -0.375 e. The Morgan fingerprint density at radius 2 is 2.33 bits per heavy atom. The predicted molar refractivity (Wildman–Crippen MR) is 32.0 cm³/mol. The molecule has 9 heavy (non-hydrogen) atoms. The lowest BCUT2D eigenvalue weighted by Gasteiger charge is -2.39. The largest absolute Gasteiger partial charge is 0.375 e. The van der Waals surface area contributed by atoms with Gasteiger partial charge in [0, 0.05) is 0 Å². The van der Waals surface area contributed by atoms with Crippen molar-refractivity contribution in [1.29, 1.82) is 0 Å². The van der Waals surface area contributed by atoms with Gasteiger partial charge in [-0.15, -0.1) is 0 Å². The molecule has 1 rings (SSSR count). The molecular formula is C6H12O3. The highest BCUT2D eigenvalue weighted by atomic mass is 16.6. The molecule has 0 aromatic heterocycles. The molecule has 1 N–H and O–H groups in total. The molecule has 0 aromatic carbocycles. The summed E-state index contributed by atoms with van der Waals surface area (Å²) in [6.07, 6.45) is 0.910. The second-order valence-corrected chi connectivity index (χ2v) is 2.30. The van der Waals surface area contributed by atoms with Crippen molar-refractivity contribution in [3.8, 4) is 0 Å². The van der Waals surface area contributed by atoms with Crippen LogP contribution in [0.1, 0.15) is 13.3 Å². The van der Waals surface area contributed by atoms with Crippen LogP contribution in [0.3, 0.4) is 0 Å². The molecule has 0 aliphatic carbocycles. The highest BCUT2D eigenvalue weighted by molar-refractivity contribution is 4.85. The lowest BCUT2D eigenvalue weighted by Crippen LogP contribution is -2.51. The number of aliphatic hydroxyl groups is 1. The highest BCUT2D eigenvalue weighted by Crippen LogP contribution is 2.24. The van der Waals surface area contributed by atoms with E-state index < -0.39 is 0 Å². The van der Waals surface area contributed by atoms with Crippen LogP contribution in [0.4, 0.5) is 0 Å². The summed E-state index contributed by atoms with van der Waals surface area (Å²) in [6, 6.07) is 0. The van der Waals surface area contributed by atoms with Crippen molar-refractivity contribution in [3.63, 3.8) is 0 Å².